The minimum absolute atomic E-state index is 0.0879. The number of aryl methyl sites for hydroxylation is 3. The second kappa shape index (κ2) is 19.3. The molecule has 3 amide bonds. The first-order valence-electron chi connectivity index (χ1n) is 16.7. The number of primary amides is 1. The maximum absolute atomic E-state index is 13.4. The van der Waals surface area contributed by atoms with Crippen molar-refractivity contribution in [1.29, 1.82) is 0 Å². The van der Waals surface area contributed by atoms with Crippen LogP contribution < -0.4 is 15.8 Å². The summed E-state index contributed by atoms with van der Waals surface area (Å²) < 4.78 is 26.5. The number of piperidine rings is 1. The Kier molecular flexibility index (Phi) is 15.5. The molecule has 0 saturated carbocycles. The highest BCUT2D eigenvalue weighted by Crippen LogP contribution is 2.27. The molecular formula is C37H52N4O6S. The van der Waals surface area contributed by atoms with Crippen molar-refractivity contribution < 1.29 is 28.1 Å². The number of amides is 3. The van der Waals surface area contributed by atoms with Crippen LogP contribution in [0.5, 0.6) is 5.75 Å². The van der Waals surface area contributed by atoms with Crippen molar-refractivity contribution in [3.63, 3.8) is 0 Å². The number of benzene rings is 2. The molecule has 0 aliphatic carbocycles. The smallest absolute Gasteiger partial charge is 0.253 e. The molecule has 3 rings (SSSR count). The van der Waals surface area contributed by atoms with Crippen molar-refractivity contribution in [2.24, 2.45) is 5.73 Å². The number of rotatable bonds is 20. The van der Waals surface area contributed by atoms with Crippen molar-refractivity contribution in [3.05, 3.63) is 89.5 Å². The van der Waals surface area contributed by atoms with Crippen molar-refractivity contribution in [2.45, 2.75) is 64.3 Å². The van der Waals surface area contributed by atoms with Crippen LogP contribution in [0.25, 0.3) is 0 Å². The summed E-state index contributed by atoms with van der Waals surface area (Å²) >= 11 is 0. The van der Waals surface area contributed by atoms with E-state index in [-0.39, 0.29) is 18.7 Å². The molecule has 3 N–H and O–H groups in total. The Morgan fingerprint density at radius 2 is 1.75 bits per heavy atom. The van der Waals surface area contributed by atoms with E-state index < -0.39 is 28.3 Å². The van der Waals surface area contributed by atoms with Crippen molar-refractivity contribution in [2.75, 3.05) is 52.3 Å². The van der Waals surface area contributed by atoms with Crippen LogP contribution in [0.3, 0.4) is 0 Å². The molecule has 0 spiro atoms. The summed E-state index contributed by atoms with van der Waals surface area (Å²) in [5.41, 5.74) is 8.60. The Hall–Kier alpha value is -3.80. The van der Waals surface area contributed by atoms with Gasteiger partial charge in [-0.3, -0.25) is 14.4 Å². The number of hydrogen-bond acceptors (Lipinski definition) is 6. The molecule has 2 aromatic carbocycles. The SMILES string of the molecule is C=CCCOc1cc(C(=O)NC2(C(N)=O)CCN(S(=O)CCc3ccc(C(=O)N(C)CCOCC=C)cc3C)CC2)ccc1CCCC. The van der Waals surface area contributed by atoms with E-state index in [4.69, 9.17) is 15.2 Å². The Bertz CT molecular complexity index is 1450. The average Bonchev–Trinajstić information content (AvgIpc) is 3.08. The summed E-state index contributed by atoms with van der Waals surface area (Å²) in [6.07, 6.45) is 8.09. The molecule has 0 bridgehead atoms. The Labute approximate surface area is 288 Å². The van der Waals surface area contributed by atoms with Crippen molar-refractivity contribution >= 4 is 28.7 Å². The number of hydrogen-bond donors (Lipinski definition) is 2. The van der Waals surface area contributed by atoms with Crippen molar-refractivity contribution in [1.82, 2.24) is 14.5 Å². The molecule has 0 radical (unpaired) electrons. The van der Waals surface area contributed by atoms with Gasteiger partial charge in [0, 0.05) is 43.6 Å². The largest absolute Gasteiger partial charge is 0.493 e. The van der Waals surface area contributed by atoms with Crippen LogP contribution in [0, 0.1) is 6.92 Å². The van der Waals surface area contributed by atoms with Crippen LogP contribution in [0.1, 0.15) is 76.4 Å². The lowest BCUT2D eigenvalue weighted by molar-refractivity contribution is -0.125. The van der Waals surface area contributed by atoms with Crippen LogP contribution in [0.15, 0.2) is 61.7 Å². The molecule has 1 unspecified atom stereocenters. The van der Waals surface area contributed by atoms with E-state index in [0.29, 0.717) is 74.9 Å². The van der Waals surface area contributed by atoms with Crippen LogP contribution in [-0.4, -0.2) is 88.9 Å². The molecule has 1 atom stereocenters. The molecule has 48 heavy (non-hydrogen) atoms. The molecule has 262 valence electrons. The summed E-state index contributed by atoms with van der Waals surface area (Å²) in [4.78, 5) is 40.6. The standard InChI is InChI=1S/C37H52N4O6S/c1-6-9-11-30-13-14-31(27-33(30)47-23-10-7-2)34(42)39-37(36(38)44)17-19-41(20-18-37)48(45)25-16-29-12-15-32(26-28(29)4)35(43)40(5)21-24-46-22-8-3/h7-8,12-15,26-27H,2-3,6,9-11,16-25H2,1,4-5H3,(H2,38,44)(H,39,42). The van der Waals surface area contributed by atoms with Gasteiger partial charge >= 0.3 is 0 Å². The van der Waals surface area contributed by atoms with E-state index in [9.17, 15) is 18.6 Å². The Morgan fingerprint density at radius 3 is 2.40 bits per heavy atom. The minimum Gasteiger partial charge on any atom is -0.493 e. The highest BCUT2D eigenvalue weighted by molar-refractivity contribution is 7.82. The quantitative estimate of drug-likeness (QED) is 0.156. The lowest BCUT2D eigenvalue weighted by Gasteiger charge is -2.39. The van der Waals surface area contributed by atoms with Gasteiger partial charge in [-0.2, -0.15) is 0 Å². The number of ether oxygens (including phenoxy) is 2. The van der Waals surface area contributed by atoms with Gasteiger partial charge in [0.05, 0.1) is 30.8 Å². The lowest BCUT2D eigenvalue weighted by Crippen LogP contribution is -2.62. The van der Waals surface area contributed by atoms with E-state index >= 15 is 0 Å². The number of nitrogens with zero attached hydrogens (tertiary/aromatic N) is 2. The number of unbranched alkanes of at least 4 members (excludes halogenated alkanes) is 1. The molecule has 1 aliphatic rings. The maximum atomic E-state index is 13.4. The first kappa shape index (κ1) is 38.6. The normalized spacial score (nSPS) is 14.9. The Morgan fingerprint density at radius 1 is 1.04 bits per heavy atom. The summed E-state index contributed by atoms with van der Waals surface area (Å²) in [5.74, 6) is -0.0452. The van der Waals surface area contributed by atoms with Gasteiger partial charge in [-0.15, -0.1) is 13.2 Å². The highest BCUT2D eigenvalue weighted by Gasteiger charge is 2.42. The summed E-state index contributed by atoms with van der Waals surface area (Å²) in [5, 5.41) is 2.92. The molecule has 1 heterocycles. The first-order chi connectivity index (χ1) is 23.0. The second-order valence-corrected chi connectivity index (χ2v) is 13.8. The van der Waals surface area contributed by atoms with Crippen LogP contribution in [0.4, 0.5) is 0 Å². The minimum atomic E-state index is -1.30. The third-order valence-corrected chi connectivity index (χ3v) is 10.2. The summed E-state index contributed by atoms with van der Waals surface area (Å²) in [6.45, 7) is 13.9. The zero-order valence-electron chi connectivity index (χ0n) is 28.8. The van der Waals surface area contributed by atoms with Gasteiger partial charge in [0.2, 0.25) is 5.91 Å². The van der Waals surface area contributed by atoms with Gasteiger partial charge in [0.1, 0.15) is 11.3 Å². The number of carbonyl (C=O) groups is 3. The second-order valence-electron chi connectivity index (χ2n) is 12.2. The average molecular weight is 681 g/mol. The third kappa shape index (κ3) is 10.9. The number of carbonyl (C=O) groups excluding carboxylic acids is 3. The third-order valence-electron chi connectivity index (χ3n) is 8.69. The number of nitrogens with one attached hydrogen (secondary N) is 1. The lowest BCUT2D eigenvalue weighted by atomic mass is 9.87. The Balaban J connectivity index is 1.58. The van der Waals surface area contributed by atoms with E-state index in [1.165, 1.54) is 0 Å². The molecule has 11 heteroatoms. The van der Waals surface area contributed by atoms with E-state index in [1.54, 1.807) is 42.3 Å². The molecule has 0 aromatic heterocycles. The van der Waals surface area contributed by atoms with E-state index in [2.05, 4.69) is 25.4 Å². The van der Waals surface area contributed by atoms with E-state index in [1.807, 2.05) is 29.4 Å². The number of likely N-dealkylation sites (N-methyl/N-ethyl adjacent to an activating group) is 1. The maximum Gasteiger partial charge on any atom is 0.253 e. The molecule has 1 saturated heterocycles. The topological polar surface area (TPSA) is 131 Å². The fourth-order valence-electron chi connectivity index (χ4n) is 5.58. The van der Waals surface area contributed by atoms with Crippen molar-refractivity contribution in [3.8, 4) is 5.75 Å². The van der Waals surface area contributed by atoms with Gasteiger partial charge in [0.15, 0.2) is 0 Å². The zero-order valence-corrected chi connectivity index (χ0v) is 29.6. The van der Waals surface area contributed by atoms with Crippen LogP contribution in [-0.2, 0) is 33.4 Å². The number of nitrogens with two attached hydrogens (primary N) is 1. The van der Waals surface area contributed by atoms with E-state index in [0.717, 1.165) is 36.0 Å². The molecule has 10 nitrogen and oxygen atoms in total. The van der Waals surface area contributed by atoms with Gasteiger partial charge in [-0.25, -0.2) is 8.51 Å². The summed E-state index contributed by atoms with van der Waals surface area (Å²) in [6, 6.07) is 11.0. The van der Waals surface area contributed by atoms with Crippen LogP contribution in [0.2, 0.25) is 0 Å². The monoisotopic (exact) mass is 680 g/mol. The fraction of sp³-hybridized carbons (Fsp3) is 0.486. The first-order valence-corrected chi connectivity index (χ1v) is 18.0. The predicted molar refractivity (Wildman–Crippen MR) is 191 cm³/mol. The van der Waals surface area contributed by atoms with Crippen LogP contribution >= 0.6 is 0 Å². The molecule has 1 aliphatic heterocycles. The van der Waals surface area contributed by atoms with Gasteiger partial charge in [-0.1, -0.05) is 37.6 Å². The molecule has 1 fully saturated rings. The zero-order chi connectivity index (χ0) is 35.1. The fourth-order valence-corrected chi connectivity index (χ4v) is 6.82. The van der Waals surface area contributed by atoms with Gasteiger partial charge in [0.25, 0.3) is 11.8 Å². The highest BCUT2D eigenvalue weighted by atomic mass is 32.2. The van der Waals surface area contributed by atoms with Gasteiger partial charge in [-0.05, 0) is 86.4 Å². The molecular weight excluding hydrogens is 628 g/mol. The summed E-state index contributed by atoms with van der Waals surface area (Å²) in [7, 11) is 0.441. The predicted octanol–water partition coefficient (Wildman–Crippen LogP) is 4.52. The molecule has 2 aromatic rings. The van der Waals surface area contributed by atoms with Gasteiger partial charge < -0.3 is 25.4 Å².